The third kappa shape index (κ3) is 6.01. The van der Waals surface area contributed by atoms with Crippen molar-refractivity contribution in [1.82, 2.24) is 10.0 Å². The molecule has 1 aromatic carbocycles. The van der Waals surface area contributed by atoms with Crippen molar-refractivity contribution >= 4 is 27.5 Å². The van der Waals surface area contributed by atoms with Gasteiger partial charge in [0.2, 0.25) is 15.9 Å². The molecule has 0 unspecified atom stereocenters. The molecule has 0 aromatic heterocycles. The Morgan fingerprint density at radius 1 is 1.30 bits per heavy atom. The summed E-state index contributed by atoms with van der Waals surface area (Å²) in [7, 11) is -3.85. The minimum Gasteiger partial charge on any atom is -0.492 e. The highest BCUT2D eigenvalue weighted by atomic mass is 35.5. The van der Waals surface area contributed by atoms with Gasteiger partial charge in [-0.05, 0) is 38.0 Å². The van der Waals surface area contributed by atoms with Crippen LogP contribution in [0.2, 0.25) is 5.02 Å². The highest BCUT2D eigenvalue weighted by Crippen LogP contribution is 2.27. The van der Waals surface area contributed by atoms with Gasteiger partial charge in [0.1, 0.15) is 5.75 Å². The highest BCUT2D eigenvalue weighted by molar-refractivity contribution is 7.89. The van der Waals surface area contributed by atoms with Crippen molar-refractivity contribution in [3.63, 3.8) is 0 Å². The molecule has 0 aliphatic heterocycles. The molecule has 0 fully saturated rings. The van der Waals surface area contributed by atoms with Crippen molar-refractivity contribution in [1.29, 1.82) is 0 Å². The summed E-state index contributed by atoms with van der Waals surface area (Å²) in [6.45, 7) is 8.12. The van der Waals surface area contributed by atoms with Crippen LogP contribution < -0.4 is 14.8 Å². The lowest BCUT2D eigenvalue weighted by Gasteiger charge is -2.16. The molecular weight excluding hydrogens is 340 g/mol. The van der Waals surface area contributed by atoms with Gasteiger partial charge in [0.25, 0.3) is 0 Å². The molecule has 0 spiro atoms. The second-order valence-corrected chi connectivity index (χ2v) is 7.63. The minimum atomic E-state index is -3.85. The van der Waals surface area contributed by atoms with Crippen LogP contribution >= 0.6 is 11.6 Å². The van der Waals surface area contributed by atoms with Gasteiger partial charge in [0.05, 0.1) is 22.6 Å². The molecule has 0 heterocycles. The summed E-state index contributed by atoms with van der Waals surface area (Å²) < 4.78 is 32.2. The molecule has 0 bridgehead atoms. The summed E-state index contributed by atoms with van der Waals surface area (Å²) in [5, 5.41) is 2.88. The summed E-state index contributed by atoms with van der Waals surface area (Å²) in [6.07, 6.45) is 0. The lowest BCUT2D eigenvalue weighted by molar-refractivity contribution is -0.122. The number of amides is 1. The number of rotatable bonds is 8. The van der Waals surface area contributed by atoms with E-state index in [1.54, 1.807) is 6.92 Å². The Hall–Kier alpha value is -1.31. The molecular formula is C15H23ClN2O4S. The van der Waals surface area contributed by atoms with E-state index < -0.39 is 16.1 Å². The topological polar surface area (TPSA) is 84.5 Å². The molecule has 1 amide bonds. The summed E-state index contributed by atoms with van der Waals surface area (Å²) >= 11 is 6.00. The summed E-state index contributed by atoms with van der Waals surface area (Å²) in [6, 6.07) is 3.29. The van der Waals surface area contributed by atoms with Gasteiger partial charge in [-0.2, -0.15) is 4.72 Å². The van der Waals surface area contributed by atoms with Gasteiger partial charge in [0.15, 0.2) is 0 Å². The predicted octanol–water partition coefficient (Wildman–Crippen LogP) is 2.18. The van der Waals surface area contributed by atoms with Crippen LogP contribution in [-0.4, -0.2) is 33.5 Å². The van der Waals surface area contributed by atoms with Gasteiger partial charge in [-0.15, -0.1) is 0 Å². The maximum Gasteiger partial charge on any atom is 0.241 e. The summed E-state index contributed by atoms with van der Waals surface area (Å²) in [5.41, 5.74) is 0. The molecule has 130 valence electrons. The Balaban J connectivity index is 2.82. The van der Waals surface area contributed by atoms with E-state index in [2.05, 4.69) is 10.0 Å². The van der Waals surface area contributed by atoms with Crippen molar-refractivity contribution in [2.75, 3.05) is 13.2 Å². The maximum atomic E-state index is 12.3. The van der Waals surface area contributed by atoms with Gasteiger partial charge < -0.3 is 10.1 Å². The smallest absolute Gasteiger partial charge is 0.241 e. The number of hydrogen-bond acceptors (Lipinski definition) is 4. The molecule has 0 radical (unpaired) electrons. The molecule has 6 nitrogen and oxygen atoms in total. The third-order valence-corrected chi connectivity index (χ3v) is 4.76. The number of halogens is 1. The van der Waals surface area contributed by atoms with Gasteiger partial charge in [-0.1, -0.05) is 25.4 Å². The molecule has 0 aliphatic rings. The second-order valence-electron chi connectivity index (χ2n) is 5.51. The van der Waals surface area contributed by atoms with Crippen LogP contribution in [-0.2, 0) is 14.8 Å². The normalized spacial score (nSPS) is 13.0. The first-order valence-corrected chi connectivity index (χ1v) is 9.25. The van der Waals surface area contributed by atoms with E-state index >= 15 is 0 Å². The van der Waals surface area contributed by atoms with Crippen LogP contribution in [0.1, 0.15) is 27.7 Å². The fourth-order valence-corrected chi connectivity index (χ4v) is 3.26. The molecule has 2 N–H and O–H groups in total. The minimum absolute atomic E-state index is 0.0190. The van der Waals surface area contributed by atoms with Gasteiger partial charge >= 0.3 is 0 Å². The van der Waals surface area contributed by atoms with Crippen molar-refractivity contribution in [3.8, 4) is 5.75 Å². The van der Waals surface area contributed by atoms with E-state index in [4.69, 9.17) is 16.3 Å². The van der Waals surface area contributed by atoms with Crippen molar-refractivity contribution in [2.45, 2.75) is 38.6 Å². The van der Waals surface area contributed by atoms with Gasteiger partial charge in [-0.25, -0.2) is 8.42 Å². The molecule has 1 rings (SSSR count). The zero-order chi connectivity index (χ0) is 17.6. The Morgan fingerprint density at radius 2 is 1.96 bits per heavy atom. The predicted molar refractivity (Wildman–Crippen MR) is 90.3 cm³/mol. The van der Waals surface area contributed by atoms with E-state index in [1.165, 1.54) is 25.1 Å². The average molecular weight is 363 g/mol. The van der Waals surface area contributed by atoms with E-state index in [-0.39, 0.29) is 21.7 Å². The molecule has 0 saturated carbocycles. The second kappa shape index (κ2) is 8.52. The largest absolute Gasteiger partial charge is 0.492 e. The first-order chi connectivity index (χ1) is 10.7. The SMILES string of the molecule is CCOc1ccc(S(=O)(=O)N[C@@H](C)C(=O)NCC(C)C)cc1Cl. The number of sulfonamides is 1. The van der Waals surface area contributed by atoms with Crippen molar-refractivity contribution in [2.24, 2.45) is 5.92 Å². The fourth-order valence-electron chi connectivity index (χ4n) is 1.73. The highest BCUT2D eigenvalue weighted by Gasteiger charge is 2.22. The van der Waals surface area contributed by atoms with E-state index in [1.807, 2.05) is 13.8 Å². The van der Waals surface area contributed by atoms with E-state index in [9.17, 15) is 13.2 Å². The molecule has 0 aliphatic carbocycles. The molecule has 1 atom stereocenters. The van der Waals surface area contributed by atoms with Crippen LogP contribution in [0.3, 0.4) is 0 Å². The monoisotopic (exact) mass is 362 g/mol. The average Bonchev–Trinajstić information content (AvgIpc) is 2.46. The number of carbonyl (C=O) groups is 1. The standard InChI is InChI=1S/C15H23ClN2O4S/c1-5-22-14-7-6-12(8-13(14)16)23(20,21)18-11(4)15(19)17-9-10(2)3/h6-8,10-11,18H,5,9H2,1-4H3,(H,17,19)/t11-/m0/s1. The first kappa shape index (κ1) is 19.7. The zero-order valence-corrected chi connectivity index (χ0v) is 15.3. The number of ether oxygens (including phenoxy) is 1. The Labute approximate surface area is 142 Å². The van der Waals surface area contributed by atoms with Crippen molar-refractivity contribution in [3.05, 3.63) is 23.2 Å². The van der Waals surface area contributed by atoms with Gasteiger partial charge in [-0.3, -0.25) is 4.79 Å². The molecule has 1 aromatic rings. The lowest BCUT2D eigenvalue weighted by atomic mass is 10.2. The Morgan fingerprint density at radius 3 is 2.48 bits per heavy atom. The molecule has 23 heavy (non-hydrogen) atoms. The molecule has 0 saturated heterocycles. The Kier molecular flexibility index (Phi) is 7.31. The third-order valence-electron chi connectivity index (χ3n) is 2.92. The quantitative estimate of drug-likeness (QED) is 0.742. The van der Waals surface area contributed by atoms with Crippen LogP contribution in [0.25, 0.3) is 0 Å². The van der Waals surface area contributed by atoms with Crippen LogP contribution in [0.15, 0.2) is 23.1 Å². The van der Waals surface area contributed by atoms with E-state index in [0.717, 1.165) is 0 Å². The zero-order valence-electron chi connectivity index (χ0n) is 13.7. The maximum absolute atomic E-state index is 12.3. The number of benzene rings is 1. The fraction of sp³-hybridized carbons (Fsp3) is 0.533. The van der Waals surface area contributed by atoms with Crippen molar-refractivity contribution < 1.29 is 17.9 Å². The van der Waals surface area contributed by atoms with Crippen LogP contribution in [0.5, 0.6) is 5.75 Å². The number of hydrogen-bond donors (Lipinski definition) is 2. The first-order valence-electron chi connectivity index (χ1n) is 7.39. The molecule has 8 heteroatoms. The number of carbonyl (C=O) groups excluding carboxylic acids is 1. The van der Waals surface area contributed by atoms with Crippen LogP contribution in [0, 0.1) is 5.92 Å². The summed E-state index contributed by atoms with van der Waals surface area (Å²) in [5.74, 6) is 0.322. The lowest BCUT2D eigenvalue weighted by Crippen LogP contribution is -2.45. The van der Waals surface area contributed by atoms with Crippen LogP contribution in [0.4, 0.5) is 0 Å². The van der Waals surface area contributed by atoms with Gasteiger partial charge in [0, 0.05) is 6.54 Å². The van der Waals surface area contributed by atoms with E-state index in [0.29, 0.717) is 18.9 Å². The Bertz CT molecular complexity index is 647. The number of nitrogens with one attached hydrogen (secondary N) is 2. The summed E-state index contributed by atoms with van der Waals surface area (Å²) in [4.78, 5) is 11.9.